The average molecular weight is 2080 g/mol. The number of hydrogen-bond donors (Lipinski definition) is 30. The van der Waals surface area contributed by atoms with Gasteiger partial charge in [-0.3, -0.25) is 47.9 Å². The fourth-order valence-corrected chi connectivity index (χ4v) is 14.3. The lowest BCUT2D eigenvalue weighted by atomic mass is 9.92. The first kappa shape index (κ1) is 132. The molecule has 30 N–H and O–H groups in total. The average Bonchev–Trinajstić information content (AvgIpc) is 0.835. The normalized spacial score (nSPS) is 27.4. The van der Waals surface area contributed by atoms with E-state index in [1.54, 1.807) is 13.8 Å². The van der Waals surface area contributed by atoms with Gasteiger partial charge >= 0.3 is 0 Å². The van der Waals surface area contributed by atoms with Gasteiger partial charge in [-0.1, -0.05) is 34.3 Å². The Morgan fingerprint density at radius 3 is 0.776 bits per heavy atom. The van der Waals surface area contributed by atoms with Crippen molar-refractivity contribution in [3.63, 3.8) is 0 Å². The van der Waals surface area contributed by atoms with E-state index in [9.17, 15) is 150 Å². The highest BCUT2D eigenvalue weighted by Crippen LogP contribution is 2.28. The summed E-state index contributed by atoms with van der Waals surface area (Å²) in [5.74, 6) is -4.18. The third-order valence-electron chi connectivity index (χ3n) is 22.5. The molecule has 834 valence electrons. The SMILES string of the molecule is C.C.C=C(CCCCCNC(=O)CN(CC(=O)NCCCCCC(=O)NCCO[C@H]1O[C@H](CO)[C@@H](O)[C@H](O)[C@@H]1O)C(=O)CNC(=O)CCCCC(=O)NCC)NCCO[C@H]1O[C@H](CO)[C@@H](O)[C@H](O)[C@@H]1O.CCNC(=O)CCOCC(COCCC(=O)NCCO[C@H]1O[C@H](CO)[C@@H](O)[C@H](O)[C@@H]1O)(COCCC(=O)NCCO[C@H]1O[C@H](CO)[C@@H](O)[C@H](O)[C@@H]1O)COCCC(=O)NCCO[C@H]1O[C@H](CO)[C@@H](O)[C@H](O)[C@@H]1O. The second kappa shape index (κ2) is 74.7. The fourth-order valence-electron chi connectivity index (χ4n) is 14.3. The molecule has 55 heteroatoms. The summed E-state index contributed by atoms with van der Waals surface area (Å²) >= 11 is 0. The summed E-state index contributed by atoms with van der Waals surface area (Å²) in [6.45, 7) is 3.13. The summed E-state index contributed by atoms with van der Waals surface area (Å²) in [6, 6.07) is 0. The number of carbonyl (C=O) groups is 10. The summed E-state index contributed by atoms with van der Waals surface area (Å²) in [7, 11) is 0. The quantitative estimate of drug-likeness (QED) is 0.0251. The molecule has 0 aromatic carbocycles. The van der Waals surface area contributed by atoms with Crippen LogP contribution in [0.4, 0.5) is 0 Å². The fraction of sp³-hybridized carbons (Fsp3) is 0.864. The molecule has 5 fully saturated rings. The number of allylic oxidation sites excluding steroid dienone is 1. The third kappa shape index (κ3) is 50.2. The van der Waals surface area contributed by atoms with Crippen molar-refractivity contribution in [3.05, 3.63) is 12.3 Å². The monoisotopic (exact) mass is 2080 g/mol. The molecular weight excluding hydrogens is 1920 g/mol. The van der Waals surface area contributed by atoms with Gasteiger partial charge in [0.05, 0.1) is 131 Å². The van der Waals surface area contributed by atoms with Crippen LogP contribution in [0.2, 0.25) is 0 Å². The van der Waals surface area contributed by atoms with Crippen LogP contribution < -0.4 is 53.2 Å². The van der Waals surface area contributed by atoms with E-state index in [1.165, 1.54) is 0 Å². The van der Waals surface area contributed by atoms with Gasteiger partial charge in [0, 0.05) is 110 Å². The van der Waals surface area contributed by atoms with Crippen molar-refractivity contribution in [2.45, 2.75) is 285 Å². The first-order valence-corrected chi connectivity index (χ1v) is 47.5. The van der Waals surface area contributed by atoms with Gasteiger partial charge in [-0.25, -0.2) is 0 Å². The van der Waals surface area contributed by atoms with Gasteiger partial charge < -0.3 is 227 Å². The largest absolute Gasteiger partial charge is 0.394 e. The van der Waals surface area contributed by atoms with Crippen molar-refractivity contribution < 1.29 is 216 Å². The molecule has 0 saturated carbocycles. The zero-order valence-corrected chi connectivity index (χ0v) is 79.9. The highest BCUT2D eigenvalue weighted by Gasteiger charge is 2.49. The molecule has 0 aromatic rings. The molecule has 0 unspecified atom stereocenters. The predicted octanol–water partition coefficient (Wildman–Crippen LogP) is -13.4. The van der Waals surface area contributed by atoms with E-state index >= 15 is 0 Å². The number of hydrogen-bond acceptors (Lipinski definition) is 45. The highest BCUT2D eigenvalue weighted by molar-refractivity contribution is 5.91. The molecule has 5 heterocycles. The topological polar surface area (TPSA) is 828 Å². The molecule has 0 bridgehead atoms. The number of nitrogens with zero attached hydrogens (tertiary/aromatic N) is 1. The first-order chi connectivity index (χ1) is 67.4. The lowest BCUT2D eigenvalue weighted by Crippen LogP contribution is -2.59. The summed E-state index contributed by atoms with van der Waals surface area (Å²) in [5, 5.41) is 224. The number of aliphatic hydroxyl groups excluding tert-OH is 20. The number of nitrogens with one attached hydrogen (secondary N) is 10. The van der Waals surface area contributed by atoms with E-state index in [4.69, 9.17) is 66.3 Å². The number of aliphatic hydroxyl groups is 20. The first-order valence-electron chi connectivity index (χ1n) is 47.5. The van der Waals surface area contributed by atoms with Crippen molar-refractivity contribution in [3.8, 4) is 0 Å². The van der Waals surface area contributed by atoms with E-state index in [0.29, 0.717) is 76.8 Å². The van der Waals surface area contributed by atoms with Crippen molar-refractivity contribution in [1.29, 1.82) is 0 Å². The van der Waals surface area contributed by atoms with Crippen molar-refractivity contribution in [1.82, 2.24) is 58.1 Å². The molecule has 0 spiro atoms. The van der Waals surface area contributed by atoms with E-state index < -0.39 is 253 Å². The molecule has 25 atom stereocenters. The third-order valence-corrected chi connectivity index (χ3v) is 22.5. The molecule has 5 saturated heterocycles. The summed E-state index contributed by atoms with van der Waals surface area (Å²) in [6.07, 6.45) is -30.9. The predicted molar refractivity (Wildman–Crippen MR) is 494 cm³/mol. The zero-order valence-electron chi connectivity index (χ0n) is 79.9. The van der Waals surface area contributed by atoms with Crippen molar-refractivity contribution in [2.75, 3.05) is 197 Å². The second-order valence-corrected chi connectivity index (χ2v) is 33.9. The molecule has 0 aliphatic carbocycles. The molecule has 5 aliphatic heterocycles. The van der Waals surface area contributed by atoms with Gasteiger partial charge in [-0.15, -0.1) is 0 Å². The van der Waals surface area contributed by atoms with Gasteiger partial charge in [0.1, 0.15) is 135 Å². The maximum absolute atomic E-state index is 13.2. The van der Waals surface area contributed by atoms with Gasteiger partial charge in [0.25, 0.3) is 0 Å². The van der Waals surface area contributed by atoms with Crippen LogP contribution in [0.5, 0.6) is 0 Å². The zero-order chi connectivity index (χ0) is 104. The maximum Gasteiger partial charge on any atom is 0.242 e. The Labute approximate surface area is 830 Å². The van der Waals surface area contributed by atoms with E-state index in [2.05, 4.69) is 59.7 Å². The second-order valence-electron chi connectivity index (χ2n) is 33.9. The van der Waals surface area contributed by atoms with Gasteiger partial charge in [0.15, 0.2) is 31.5 Å². The van der Waals surface area contributed by atoms with Crippen LogP contribution in [0.15, 0.2) is 12.3 Å². The minimum atomic E-state index is -1.64. The summed E-state index contributed by atoms with van der Waals surface area (Å²) in [5.41, 5.74) is -0.450. The van der Waals surface area contributed by atoms with Crippen molar-refractivity contribution in [2.24, 2.45) is 5.41 Å². The number of ether oxygens (including phenoxy) is 14. The van der Waals surface area contributed by atoms with Crippen LogP contribution in [0.3, 0.4) is 0 Å². The number of rotatable bonds is 71. The Kier molecular flexibility index (Phi) is 68.9. The van der Waals surface area contributed by atoms with E-state index in [0.717, 1.165) is 17.7 Å². The Hall–Kier alpha value is -7.12. The minimum Gasteiger partial charge on any atom is -0.394 e. The van der Waals surface area contributed by atoms with Gasteiger partial charge in [-0.2, -0.15) is 0 Å². The number of carbonyl (C=O) groups excluding carboxylic acids is 10. The smallest absolute Gasteiger partial charge is 0.242 e. The van der Waals surface area contributed by atoms with Crippen LogP contribution in [0.1, 0.15) is 131 Å². The lowest BCUT2D eigenvalue weighted by Gasteiger charge is -2.39. The number of amides is 10. The Morgan fingerprint density at radius 1 is 0.273 bits per heavy atom. The molecule has 0 radical (unpaired) electrons. The van der Waals surface area contributed by atoms with Gasteiger partial charge in [-0.05, 0) is 58.8 Å². The summed E-state index contributed by atoms with van der Waals surface area (Å²) in [4.78, 5) is 127. The Morgan fingerprint density at radius 2 is 0.503 bits per heavy atom. The van der Waals surface area contributed by atoms with Crippen molar-refractivity contribution >= 4 is 59.1 Å². The lowest BCUT2D eigenvalue weighted by molar-refractivity contribution is -0.300. The molecular formula is C88H163N11O44. The van der Waals surface area contributed by atoms with E-state index in [-0.39, 0.29) is 196 Å². The molecule has 143 heavy (non-hydrogen) atoms. The molecule has 5 aliphatic rings. The Bertz CT molecular complexity index is 3310. The maximum atomic E-state index is 13.2. The van der Waals surface area contributed by atoms with Crippen LogP contribution in [0.25, 0.3) is 0 Å². The van der Waals surface area contributed by atoms with Gasteiger partial charge in [0.2, 0.25) is 59.1 Å². The standard InChI is InChI=1S/C43H77N7O18.C43H78N4O26.2CH4/c1-3-44-30(53)14-8-9-15-32(55)49-22-35(58)50(23-33(56)46-16-10-4-6-12-27(2)45-18-20-65-42-40(63)38(61)36(59)28(25-51)67-42)24-34(57)47-17-11-5-7-13-31(54)48-19-21-66-43-41(64)39(62)37(60)29(26-52)68-43;1-2-44-27(51)3-10-64-20-43(21-65-11-4-28(52)45-7-14-68-40-37(61)34(58)31(55)24(17-48)71-40,22-66-12-5-29(53)46-8-15-69-41-38(62)35(59)32(56)25(18-49)72-41)23-67-13-6-30(54)47-9-16-70-42-39(63)36(60)33(57)26(19-50)73-42;;/h28-29,36-43,45,51-52,59-64H,2-26H2,1H3,(H,44,53)(H,46,56)(H,47,57)(H,48,54)(H,49,55);24-26,31-42,48-50,55-63H,2-23H2,1H3,(H,44,51)(H,45,52)(H,46,53)(H,47,54);2*1H4/t28-,29-,36-,37-,38+,39+,40+,41+,42+,43+;24-,25-,26-,31-,32-,33-,34+,35+,36+,37+,38+,39+,40+,41+,42+;;/m11../s1. The van der Waals surface area contributed by atoms with Crippen LogP contribution >= 0.6 is 0 Å². The molecule has 10 amide bonds. The van der Waals surface area contributed by atoms with Crippen LogP contribution in [0, 0.1) is 5.41 Å². The molecule has 0 aromatic heterocycles. The minimum absolute atomic E-state index is 0. The van der Waals surface area contributed by atoms with Crippen LogP contribution in [-0.2, 0) is 114 Å². The molecule has 55 nitrogen and oxygen atoms in total. The van der Waals surface area contributed by atoms with Crippen LogP contribution in [-0.4, -0.2) is 517 Å². The summed E-state index contributed by atoms with van der Waals surface area (Å²) < 4.78 is 77.1. The highest BCUT2D eigenvalue weighted by atomic mass is 16.7. The number of unbranched alkanes of at least 4 members (excludes halogenated alkanes) is 5. The Balaban J connectivity index is 0.000000956. The molecule has 5 rings (SSSR count). The van der Waals surface area contributed by atoms with E-state index in [1.807, 2.05) is 0 Å².